The van der Waals surface area contributed by atoms with Crippen molar-refractivity contribution in [2.24, 2.45) is 0 Å². The number of carbonyl (C=O) groups excluding carboxylic acids is 1. The van der Waals surface area contributed by atoms with Crippen LogP contribution < -0.4 is 0 Å². The molecule has 0 aromatic heterocycles. The highest BCUT2D eigenvalue weighted by molar-refractivity contribution is 5.83. The number of benzene rings is 1. The second kappa shape index (κ2) is 6.58. The summed E-state index contributed by atoms with van der Waals surface area (Å²) in [6.07, 6.45) is 4.92. The maximum Gasteiger partial charge on any atom is 0.276 e. The summed E-state index contributed by atoms with van der Waals surface area (Å²) in [6, 6.07) is 6.42. The second-order valence-corrected chi connectivity index (χ2v) is 3.76. The van der Waals surface area contributed by atoms with Crippen molar-refractivity contribution in [3.8, 4) is 0 Å². The number of hydrogen-bond donors (Lipinski definition) is 0. The summed E-state index contributed by atoms with van der Waals surface area (Å²) >= 11 is 0. The first kappa shape index (κ1) is 13.1. The van der Waals surface area contributed by atoms with Crippen molar-refractivity contribution in [3.05, 3.63) is 45.5 Å². The Bertz CT molecular complexity index is 438. The number of unbranched alkanes of at least 4 members (excludes halogenated alkanes) is 1. The van der Waals surface area contributed by atoms with E-state index in [1.165, 1.54) is 6.07 Å². The minimum atomic E-state index is -0.436. The van der Waals surface area contributed by atoms with Crippen molar-refractivity contribution >= 4 is 18.0 Å². The van der Waals surface area contributed by atoms with E-state index in [2.05, 4.69) is 0 Å². The highest BCUT2D eigenvalue weighted by Crippen LogP contribution is 2.21. The van der Waals surface area contributed by atoms with Crippen LogP contribution in [0.4, 0.5) is 5.69 Å². The number of rotatable bonds is 6. The minimum absolute atomic E-state index is 0.0309. The Hall–Kier alpha value is -1.97. The molecule has 0 heterocycles. The topological polar surface area (TPSA) is 60.2 Å². The van der Waals surface area contributed by atoms with Gasteiger partial charge in [-0.15, -0.1) is 0 Å². The third kappa shape index (κ3) is 3.83. The smallest absolute Gasteiger partial charge is 0.276 e. The van der Waals surface area contributed by atoms with Crippen molar-refractivity contribution < 1.29 is 9.72 Å². The Morgan fingerprint density at radius 2 is 2.12 bits per heavy atom. The molecule has 17 heavy (non-hydrogen) atoms. The van der Waals surface area contributed by atoms with Crippen LogP contribution in [0.3, 0.4) is 0 Å². The lowest BCUT2D eigenvalue weighted by Crippen LogP contribution is -1.92. The van der Waals surface area contributed by atoms with Gasteiger partial charge in [-0.05, 0) is 30.6 Å². The molecule has 0 N–H and O–H groups in total. The van der Waals surface area contributed by atoms with Crippen molar-refractivity contribution in [3.63, 3.8) is 0 Å². The molecule has 4 nitrogen and oxygen atoms in total. The predicted octanol–water partition coefficient (Wildman–Crippen LogP) is 3.37. The quantitative estimate of drug-likeness (QED) is 0.327. The molecule has 0 bridgehead atoms. The van der Waals surface area contributed by atoms with Gasteiger partial charge in [0.1, 0.15) is 6.29 Å². The Balaban J connectivity index is 3.02. The Kier molecular flexibility index (Phi) is 5.07. The summed E-state index contributed by atoms with van der Waals surface area (Å²) in [4.78, 5) is 21.2. The number of allylic oxidation sites excluding steroid dienone is 1. The molecule has 0 amide bonds. The van der Waals surface area contributed by atoms with E-state index >= 15 is 0 Å². The lowest BCUT2D eigenvalue weighted by Gasteiger charge is -2.00. The molecule has 90 valence electrons. The summed E-state index contributed by atoms with van der Waals surface area (Å²) in [5, 5.41) is 10.8. The zero-order valence-electron chi connectivity index (χ0n) is 9.76. The second-order valence-electron chi connectivity index (χ2n) is 3.76. The molecule has 0 aliphatic heterocycles. The molecule has 0 aliphatic carbocycles. The van der Waals surface area contributed by atoms with Crippen LogP contribution in [0.25, 0.3) is 6.08 Å². The minimum Gasteiger partial charge on any atom is -0.298 e. The Morgan fingerprint density at radius 3 is 2.71 bits per heavy atom. The van der Waals surface area contributed by atoms with Gasteiger partial charge in [-0.1, -0.05) is 25.5 Å². The summed E-state index contributed by atoms with van der Waals surface area (Å²) in [5.41, 5.74) is 1.11. The lowest BCUT2D eigenvalue weighted by atomic mass is 10.1. The van der Waals surface area contributed by atoms with E-state index in [1.807, 2.05) is 6.92 Å². The average Bonchev–Trinajstić information content (AvgIpc) is 2.34. The molecule has 0 aliphatic rings. The number of carbonyl (C=O) groups is 1. The van der Waals surface area contributed by atoms with Gasteiger partial charge < -0.3 is 0 Å². The van der Waals surface area contributed by atoms with Crippen LogP contribution in [0.15, 0.2) is 29.8 Å². The van der Waals surface area contributed by atoms with Gasteiger partial charge in [0, 0.05) is 6.07 Å². The molecular formula is C13H15NO3. The van der Waals surface area contributed by atoms with Gasteiger partial charge in [-0.3, -0.25) is 14.9 Å². The third-order valence-corrected chi connectivity index (χ3v) is 2.44. The number of nitrogens with zero attached hydrogens (tertiary/aromatic N) is 1. The average molecular weight is 233 g/mol. The zero-order valence-corrected chi connectivity index (χ0v) is 9.76. The van der Waals surface area contributed by atoms with E-state index in [0.29, 0.717) is 17.6 Å². The van der Waals surface area contributed by atoms with Crippen LogP contribution in [-0.4, -0.2) is 11.2 Å². The number of nitro benzene ring substituents is 1. The molecule has 1 aromatic rings. The number of aldehydes is 1. The molecule has 0 radical (unpaired) electrons. The summed E-state index contributed by atoms with van der Waals surface area (Å²) < 4.78 is 0. The first-order valence-corrected chi connectivity index (χ1v) is 5.58. The van der Waals surface area contributed by atoms with Gasteiger partial charge in [0.15, 0.2) is 0 Å². The highest BCUT2D eigenvalue weighted by atomic mass is 16.6. The van der Waals surface area contributed by atoms with Gasteiger partial charge in [0.05, 0.1) is 10.5 Å². The maximum atomic E-state index is 10.9. The number of hydrogen-bond acceptors (Lipinski definition) is 3. The van der Waals surface area contributed by atoms with E-state index in [4.69, 9.17) is 0 Å². The Morgan fingerprint density at radius 1 is 1.41 bits per heavy atom. The van der Waals surface area contributed by atoms with E-state index in [9.17, 15) is 14.9 Å². The highest BCUT2D eigenvalue weighted by Gasteiger charge is 2.10. The van der Waals surface area contributed by atoms with Crippen LogP contribution in [0, 0.1) is 10.1 Å². The summed E-state index contributed by atoms with van der Waals surface area (Å²) in [6.45, 7) is 2.04. The zero-order chi connectivity index (χ0) is 12.7. The van der Waals surface area contributed by atoms with Crippen molar-refractivity contribution in [2.75, 3.05) is 0 Å². The molecule has 0 saturated heterocycles. The van der Waals surface area contributed by atoms with Crippen molar-refractivity contribution in [1.82, 2.24) is 0 Å². The fraction of sp³-hybridized carbons (Fsp3) is 0.308. The molecule has 0 unspecified atom stereocenters. The number of nitro groups is 1. The first-order valence-electron chi connectivity index (χ1n) is 5.58. The van der Waals surface area contributed by atoms with E-state index < -0.39 is 4.92 Å². The monoisotopic (exact) mass is 233 g/mol. The van der Waals surface area contributed by atoms with Crippen molar-refractivity contribution in [1.29, 1.82) is 0 Å². The van der Waals surface area contributed by atoms with Gasteiger partial charge in [-0.25, -0.2) is 0 Å². The van der Waals surface area contributed by atoms with Crippen LogP contribution in [0.5, 0.6) is 0 Å². The lowest BCUT2D eigenvalue weighted by molar-refractivity contribution is -0.385. The molecule has 0 saturated carbocycles. The van der Waals surface area contributed by atoms with Crippen LogP contribution in [-0.2, 0) is 4.79 Å². The SMILES string of the molecule is CCCC/C(C=O)=C\c1ccccc1[N+](=O)[O-]. The standard InChI is InChI=1S/C13H15NO3/c1-2-3-6-11(10-15)9-12-7-4-5-8-13(12)14(16)17/h4-5,7-10H,2-3,6H2,1H3/b11-9+. The van der Waals surface area contributed by atoms with Gasteiger partial charge in [-0.2, -0.15) is 0 Å². The van der Waals surface area contributed by atoms with E-state index in [0.717, 1.165) is 19.1 Å². The summed E-state index contributed by atoms with van der Waals surface area (Å²) in [5.74, 6) is 0. The normalized spacial score (nSPS) is 11.2. The predicted molar refractivity (Wildman–Crippen MR) is 66.7 cm³/mol. The fourth-order valence-corrected chi connectivity index (χ4v) is 1.52. The van der Waals surface area contributed by atoms with Crippen LogP contribution >= 0.6 is 0 Å². The van der Waals surface area contributed by atoms with Gasteiger partial charge in [0.25, 0.3) is 5.69 Å². The van der Waals surface area contributed by atoms with Crippen LogP contribution in [0.2, 0.25) is 0 Å². The number of para-hydroxylation sites is 1. The van der Waals surface area contributed by atoms with Gasteiger partial charge in [0.2, 0.25) is 0 Å². The molecule has 1 aromatic carbocycles. The summed E-state index contributed by atoms with van der Waals surface area (Å²) in [7, 11) is 0. The molecule has 0 fully saturated rings. The first-order chi connectivity index (χ1) is 8.19. The fourth-order valence-electron chi connectivity index (χ4n) is 1.52. The molecule has 1 rings (SSSR count). The maximum absolute atomic E-state index is 10.9. The van der Waals surface area contributed by atoms with Crippen LogP contribution in [0.1, 0.15) is 31.7 Å². The molecule has 4 heteroatoms. The largest absolute Gasteiger partial charge is 0.298 e. The Labute approximate surface area is 100 Å². The van der Waals surface area contributed by atoms with Gasteiger partial charge >= 0.3 is 0 Å². The van der Waals surface area contributed by atoms with E-state index in [-0.39, 0.29) is 5.69 Å². The third-order valence-electron chi connectivity index (χ3n) is 2.44. The van der Waals surface area contributed by atoms with Crippen molar-refractivity contribution in [2.45, 2.75) is 26.2 Å². The molecule has 0 atom stereocenters. The van der Waals surface area contributed by atoms with E-state index in [1.54, 1.807) is 24.3 Å². The molecular weight excluding hydrogens is 218 g/mol. The molecule has 0 spiro atoms.